The summed E-state index contributed by atoms with van der Waals surface area (Å²) in [6, 6.07) is 2.09. The molecule has 0 unspecified atom stereocenters. The van der Waals surface area contributed by atoms with Crippen LogP contribution in [0.5, 0.6) is 0 Å². The van der Waals surface area contributed by atoms with Crippen LogP contribution < -0.4 is 0 Å². The lowest BCUT2D eigenvalue weighted by molar-refractivity contribution is -0.140. The topological polar surface area (TPSA) is 73.6 Å². The SMILES string of the molecule is CN(CC1(O)CCOCC1)C(=O)C1(C#N)CC1. The predicted octanol–water partition coefficient (Wildman–Crippen LogP) is 0.290. The molecule has 1 aliphatic carbocycles. The normalized spacial score (nSPS) is 24.8. The molecular weight excluding hydrogens is 220 g/mol. The zero-order valence-electron chi connectivity index (χ0n) is 10.1. The summed E-state index contributed by atoms with van der Waals surface area (Å²) in [5.41, 5.74) is -1.65. The Labute approximate surface area is 101 Å². The second-order valence-corrected chi connectivity index (χ2v) is 5.19. The Morgan fingerprint density at radius 1 is 1.41 bits per heavy atom. The van der Waals surface area contributed by atoms with Gasteiger partial charge < -0.3 is 14.7 Å². The summed E-state index contributed by atoms with van der Waals surface area (Å²) >= 11 is 0. The van der Waals surface area contributed by atoms with Crippen LogP contribution in [0.1, 0.15) is 25.7 Å². The van der Waals surface area contributed by atoms with Crippen molar-refractivity contribution in [2.45, 2.75) is 31.3 Å². The Balaban J connectivity index is 1.95. The quantitative estimate of drug-likeness (QED) is 0.767. The molecule has 2 fully saturated rings. The number of ether oxygens (including phenoxy) is 1. The summed E-state index contributed by atoms with van der Waals surface area (Å²) in [4.78, 5) is 13.5. The highest BCUT2D eigenvalue weighted by molar-refractivity contribution is 5.88. The van der Waals surface area contributed by atoms with Gasteiger partial charge >= 0.3 is 0 Å². The van der Waals surface area contributed by atoms with E-state index < -0.39 is 11.0 Å². The Kier molecular flexibility index (Phi) is 3.11. The van der Waals surface area contributed by atoms with E-state index in [1.165, 1.54) is 4.90 Å². The van der Waals surface area contributed by atoms with Crippen LogP contribution in [0.4, 0.5) is 0 Å². The van der Waals surface area contributed by atoms with E-state index in [9.17, 15) is 9.90 Å². The molecule has 0 radical (unpaired) electrons. The molecule has 0 bridgehead atoms. The summed E-state index contributed by atoms with van der Waals surface area (Å²) in [6.07, 6.45) is 2.39. The van der Waals surface area contributed by atoms with Crippen molar-refractivity contribution >= 4 is 5.91 Å². The van der Waals surface area contributed by atoms with Gasteiger partial charge in [0, 0.05) is 39.6 Å². The van der Waals surface area contributed by atoms with E-state index in [-0.39, 0.29) is 5.91 Å². The Hall–Kier alpha value is -1.12. The number of rotatable bonds is 3. The minimum atomic E-state index is -0.853. The molecule has 2 rings (SSSR count). The minimum Gasteiger partial charge on any atom is -0.388 e. The third-order valence-corrected chi connectivity index (χ3v) is 3.68. The molecule has 17 heavy (non-hydrogen) atoms. The van der Waals surface area contributed by atoms with Gasteiger partial charge in [-0.3, -0.25) is 4.79 Å². The molecule has 1 saturated carbocycles. The molecule has 1 aliphatic heterocycles. The number of carbonyl (C=O) groups excluding carboxylic acids is 1. The molecule has 5 heteroatoms. The van der Waals surface area contributed by atoms with Gasteiger partial charge in [-0.15, -0.1) is 0 Å². The first-order valence-electron chi connectivity index (χ1n) is 5.98. The number of likely N-dealkylation sites (N-methyl/N-ethyl adjacent to an activating group) is 1. The van der Waals surface area contributed by atoms with Crippen LogP contribution in [-0.2, 0) is 9.53 Å². The number of amides is 1. The van der Waals surface area contributed by atoms with Gasteiger partial charge in [-0.1, -0.05) is 0 Å². The average molecular weight is 238 g/mol. The lowest BCUT2D eigenvalue weighted by Gasteiger charge is -2.35. The molecule has 0 aromatic heterocycles. The average Bonchev–Trinajstić information content (AvgIpc) is 3.09. The van der Waals surface area contributed by atoms with Crippen molar-refractivity contribution in [2.75, 3.05) is 26.8 Å². The first-order valence-corrected chi connectivity index (χ1v) is 5.98. The number of carbonyl (C=O) groups is 1. The first kappa shape index (κ1) is 12.3. The fourth-order valence-corrected chi connectivity index (χ4v) is 2.29. The molecular formula is C12H18N2O3. The number of hydrogen-bond donors (Lipinski definition) is 1. The fourth-order valence-electron chi connectivity index (χ4n) is 2.29. The van der Waals surface area contributed by atoms with E-state index in [2.05, 4.69) is 6.07 Å². The maximum Gasteiger partial charge on any atom is 0.242 e. The lowest BCUT2D eigenvalue weighted by atomic mass is 9.93. The van der Waals surface area contributed by atoms with Crippen molar-refractivity contribution in [3.8, 4) is 6.07 Å². The van der Waals surface area contributed by atoms with Crippen LogP contribution in [-0.4, -0.2) is 48.3 Å². The van der Waals surface area contributed by atoms with E-state index in [1.54, 1.807) is 7.05 Å². The largest absolute Gasteiger partial charge is 0.388 e. The van der Waals surface area contributed by atoms with Gasteiger partial charge in [-0.25, -0.2) is 0 Å². The molecule has 5 nitrogen and oxygen atoms in total. The standard InChI is InChI=1S/C12H18N2O3/c1-14(10(15)11(8-13)2-3-11)9-12(16)4-6-17-7-5-12/h16H,2-7,9H2,1H3. The molecule has 1 saturated heterocycles. The number of hydrogen-bond acceptors (Lipinski definition) is 4. The van der Waals surface area contributed by atoms with Crippen molar-refractivity contribution in [1.29, 1.82) is 5.26 Å². The Morgan fingerprint density at radius 2 is 2.00 bits per heavy atom. The highest BCUT2D eigenvalue weighted by atomic mass is 16.5. The van der Waals surface area contributed by atoms with Crippen molar-refractivity contribution in [3.63, 3.8) is 0 Å². The van der Waals surface area contributed by atoms with Crippen LogP contribution >= 0.6 is 0 Å². The molecule has 0 aromatic carbocycles. The van der Waals surface area contributed by atoms with Gasteiger partial charge in [0.25, 0.3) is 0 Å². The zero-order valence-corrected chi connectivity index (χ0v) is 10.1. The summed E-state index contributed by atoms with van der Waals surface area (Å²) in [5.74, 6) is -0.153. The van der Waals surface area contributed by atoms with Gasteiger partial charge in [0.2, 0.25) is 5.91 Å². The molecule has 1 amide bonds. The molecule has 1 N–H and O–H groups in total. The predicted molar refractivity (Wildman–Crippen MR) is 59.9 cm³/mol. The third kappa shape index (κ3) is 2.43. The van der Waals surface area contributed by atoms with Gasteiger partial charge in [0.15, 0.2) is 0 Å². The summed E-state index contributed by atoms with van der Waals surface area (Å²) < 4.78 is 5.19. The fraction of sp³-hybridized carbons (Fsp3) is 0.833. The molecule has 0 aromatic rings. The van der Waals surface area contributed by atoms with Gasteiger partial charge in [0.05, 0.1) is 11.7 Å². The number of aliphatic hydroxyl groups is 1. The van der Waals surface area contributed by atoms with E-state index in [0.29, 0.717) is 45.4 Å². The monoisotopic (exact) mass is 238 g/mol. The van der Waals surface area contributed by atoms with Crippen LogP contribution in [0, 0.1) is 16.7 Å². The van der Waals surface area contributed by atoms with E-state index in [4.69, 9.17) is 10.00 Å². The van der Waals surface area contributed by atoms with E-state index >= 15 is 0 Å². The van der Waals surface area contributed by atoms with Crippen molar-refractivity contribution < 1.29 is 14.6 Å². The van der Waals surface area contributed by atoms with E-state index in [0.717, 1.165) is 0 Å². The molecule has 1 heterocycles. The highest BCUT2D eigenvalue weighted by Gasteiger charge is 2.52. The Bertz CT molecular complexity index is 351. The molecule has 2 aliphatic rings. The summed E-state index contributed by atoms with van der Waals surface area (Å²) in [6.45, 7) is 1.35. The van der Waals surface area contributed by atoms with Crippen molar-refractivity contribution in [2.24, 2.45) is 5.41 Å². The molecule has 0 spiro atoms. The highest BCUT2D eigenvalue weighted by Crippen LogP contribution is 2.46. The summed E-state index contributed by atoms with van der Waals surface area (Å²) in [7, 11) is 1.66. The van der Waals surface area contributed by atoms with Gasteiger partial charge in [-0.2, -0.15) is 5.26 Å². The number of nitrogens with zero attached hydrogens (tertiary/aromatic N) is 2. The minimum absolute atomic E-state index is 0.153. The van der Waals surface area contributed by atoms with Crippen LogP contribution in [0.15, 0.2) is 0 Å². The van der Waals surface area contributed by atoms with Crippen molar-refractivity contribution in [3.05, 3.63) is 0 Å². The lowest BCUT2D eigenvalue weighted by Crippen LogP contribution is -2.48. The summed E-state index contributed by atoms with van der Waals surface area (Å²) in [5, 5.41) is 19.3. The van der Waals surface area contributed by atoms with Crippen LogP contribution in [0.2, 0.25) is 0 Å². The first-order chi connectivity index (χ1) is 8.01. The maximum absolute atomic E-state index is 12.0. The maximum atomic E-state index is 12.0. The zero-order chi connectivity index (χ0) is 12.5. The van der Waals surface area contributed by atoms with Crippen molar-refractivity contribution in [1.82, 2.24) is 4.90 Å². The second-order valence-electron chi connectivity index (χ2n) is 5.19. The molecule has 0 atom stereocenters. The molecule has 94 valence electrons. The van der Waals surface area contributed by atoms with E-state index in [1.807, 2.05) is 0 Å². The smallest absolute Gasteiger partial charge is 0.242 e. The van der Waals surface area contributed by atoms with Crippen LogP contribution in [0.3, 0.4) is 0 Å². The third-order valence-electron chi connectivity index (χ3n) is 3.68. The Morgan fingerprint density at radius 3 is 2.47 bits per heavy atom. The second kappa shape index (κ2) is 4.28. The number of nitriles is 1. The van der Waals surface area contributed by atoms with Crippen LogP contribution in [0.25, 0.3) is 0 Å². The van der Waals surface area contributed by atoms with Gasteiger partial charge in [-0.05, 0) is 12.8 Å². The van der Waals surface area contributed by atoms with Gasteiger partial charge in [0.1, 0.15) is 5.41 Å².